The lowest BCUT2D eigenvalue weighted by Crippen LogP contribution is -2.55. The molecule has 2 heterocycles. The molecule has 47 heavy (non-hydrogen) atoms. The minimum absolute atomic E-state index is 0.0322. The quantitative estimate of drug-likeness (QED) is 0.242. The third-order valence-electron chi connectivity index (χ3n) is 11.0. The van der Waals surface area contributed by atoms with Crippen LogP contribution in [-0.4, -0.2) is 122 Å². The third kappa shape index (κ3) is 10.7. The Balaban J connectivity index is 1.22. The number of amides is 1. The van der Waals surface area contributed by atoms with Crippen molar-refractivity contribution in [2.24, 2.45) is 17.8 Å². The Labute approximate surface area is 282 Å². The summed E-state index contributed by atoms with van der Waals surface area (Å²) in [6.45, 7) is 8.49. The Morgan fingerprint density at radius 3 is 2.55 bits per heavy atom. The minimum Gasteiger partial charge on any atom is -0.385 e. The molecule has 10 heteroatoms. The van der Waals surface area contributed by atoms with Gasteiger partial charge in [-0.3, -0.25) is 9.69 Å². The molecule has 6 atom stereocenters. The number of rotatable bonds is 17. The van der Waals surface area contributed by atoms with Crippen molar-refractivity contribution in [3.63, 3.8) is 0 Å². The Morgan fingerprint density at radius 2 is 1.79 bits per heavy atom. The molecule has 1 aromatic rings. The molecule has 0 bridgehead atoms. The van der Waals surface area contributed by atoms with Crippen molar-refractivity contribution in [1.29, 1.82) is 0 Å². The van der Waals surface area contributed by atoms with Gasteiger partial charge in [0.2, 0.25) is 5.91 Å². The maximum Gasteiger partial charge on any atom is 0.223 e. The minimum atomic E-state index is 0.0322. The van der Waals surface area contributed by atoms with Crippen LogP contribution in [0.4, 0.5) is 0 Å². The number of carbonyl (C=O) groups is 1. The maximum absolute atomic E-state index is 13.3. The third-order valence-corrected chi connectivity index (χ3v) is 11.0. The fourth-order valence-corrected chi connectivity index (χ4v) is 8.29. The van der Waals surface area contributed by atoms with Crippen molar-refractivity contribution >= 4 is 5.91 Å². The Hall–Kier alpha value is -1.63. The Morgan fingerprint density at radius 1 is 0.979 bits per heavy atom. The number of ether oxygens (including phenoxy) is 6. The van der Waals surface area contributed by atoms with Gasteiger partial charge in [0.1, 0.15) is 0 Å². The summed E-state index contributed by atoms with van der Waals surface area (Å²) in [7, 11) is 5.24. The van der Waals surface area contributed by atoms with Crippen LogP contribution >= 0.6 is 0 Å². The first-order valence-electron chi connectivity index (χ1n) is 18.2. The van der Waals surface area contributed by atoms with Gasteiger partial charge in [0.25, 0.3) is 0 Å². The summed E-state index contributed by atoms with van der Waals surface area (Å²) in [5.74, 6) is 1.19. The van der Waals surface area contributed by atoms with Gasteiger partial charge in [0, 0.05) is 85.1 Å². The number of morpholine rings is 1. The molecule has 266 valence electrons. The van der Waals surface area contributed by atoms with Gasteiger partial charge in [-0.1, -0.05) is 24.3 Å². The summed E-state index contributed by atoms with van der Waals surface area (Å²) < 4.78 is 34.9. The van der Waals surface area contributed by atoms with Crippen LogP contribution in [0.5, 0.6) is 0 Å². The summed E-state index contributed by atoms with van der Waals surface area (Å²) in [5, 5.41) is 7.01. The molecular weight excluding hydrogens is 598 g/mol. The highest BCUT2D eigenvalue weighted by Crippen LogP contribution is 2.36. The zero-order valence-electron chi connectivity index (χ0n) is 29.2. The number of hydrogen-bond donors (Lipinski definition) is 2. The lowest BCUT2D eigenvalue weighted by atomic mass is 9.78. The number of fused-ring (bicyclic) bond motifs is 1. The molecule has 0 spiro atoms. The van der Waals surface area contributed by atoms with Crippen LogP contribution in [0.25, 0.3) is 0 Å². The normalized spacial score (nSPS) is 31.7. The van der Waals surface area contributed by atoms with Gasteiger partial charge in [-0.25, -0.2) is 0 Å². The molecule has 1 amide bonds. The maximum atomic E-state index is 13.3. The molecule has 2 saturated carbocycles. The Kier molecular flexibility index (Phi) is 15.2. The largest absolute Gasteiger partial charge is 0.385 e. The predicted molar refractivity (Wildman–Crippen MR) is 182 cm³/mol. The zero-order chi connectivity index (χ0) is 32.8. The Bertz CT molecular complexity index is 1040. The van der Waals surface area contributed by atoms with Gasteiger partial charge in [0.15, 0.2) is 0 Å². The predicted octanol–water partition coefficient (Wildman–Crippen LogP) is 3.77. The standard InChI is InChI=1S/C37H61N3O7/c1-42-17-4-15-40-16-18-46-34-14-7-28(21-33(34)40)26-47-35-24-38-22-31(23-39-37(41)30-10-12-32(44-3)13-11-30)36(35)29-8-5-27(6-9-29)25-45-20-19-43-2/h5-6,8-9,28,30-36,38H,4,7,10-26H2,1-3H3,(H,39,41). The molecule has 2 aliphatic carbocycles. The van der Waals surface area contributed by atoms with E-state index in [9.17, 15) is 4.79 Å². The van der Waals surface area contributed by atoms with Crippen molar-refractivity contribution in [3.8, 4) is 0 Å². The summed E-state index contributed by atoms with van der Waals surface area (Å²) in [6, 6.07) is 9.29. The smallest absolute Gasteiger partial charge is 0.223 e. The average Bonchev–Trinajstić information content (AvgIpc) is 3.12. The molecule has 2 aliphatic heterocycles. The number of piperidine rings is 1. The van der Waals surface area contributed by atoms with Crippen LogP contribution in [0.3, 0.4) is 0 Å². The van der Waals surface area contributed by atoms with Crippen molar-refractivity contribution in [2.45, 2.75) is 88.2 Å². The summed E-state index contributed by atoms with van der Waals surface area (Å²) >= 11 is 0. The number of benzene rings is 1. The van der Waals surface area contributed by atoms with E-state index in [1.54, 1.807) is 21.3 Å². The summed E-state index contributed by atoms with van der Waals surface area (Å²) in [5.41, 5.74) is 2.42. The molecular formula is C37H61N3O7. The second-order valence-corrected chi connectivity index (χ2v) is 14.1. The lowest BCUT2D eigenvalue weighted by molar-refractivity contribution is -0.127. The molecule has 2 saturated heterocycles. The van der Waals surface area contributed by atoms with E-state index >= 15 is 0 Å². The van der Waals surface area contributed by atoms with Crippen LogP contribution in [0.15, 0.2) is 24.3 Å². The van der Waals surface area contributed by atoms with Gasteiger partial charge in [0.05, 0.1) is 44.7 Å². The first kappa shape index (κ1) is 36.6. The molecule has 0 radical (unpaired) electrons. The van der Waals surface area contributed by atoms with E-state index in [-0.39, 0.29) is 35.9 Å². The van der Waals surface area contributed by atoms with Crippen LogP contribution in [0.2, 0.25) is 0 Å². The van der Waals surface area contributed by atoms with Crippen LogP contribution < -0.4 is 10.6 Å². The van der Waals surface area contributed by atoms with E-state index in [2.05, 4.69) is 39.8 Å². The zero-order valence-corrected chi connectivity index (χ0v) is 29.2. The number of nitrogens with one attached hydrogen (secondary N) is 2. The van der Waals surface area contributed by atoms with Gasteiger partial charge in [-0.15, -0.1) is 0 Å². The van der Waals surface area contributed by atoms with Crippen LogP contribution in [0.1, 0.15) is 68.4 Å². The molecule has 2 N–H and O–H groups in total. The van der Waals surface area contributed by atoms with Gasteiger partial charge < -0.3 is 39.1 Å². The highest BCUT2D eigenvalue weighted by atomic mass is 16.5. The highest BCUT2D eigenvalue weighted by molar-refractivity contribution is 5.78. The first-order chi connectivity index (χ1) is 23.1. The average molecular weight is 660 g/mol. The van der Waals surface area contributed by atoms with E-state index in [1.807, 2.05) is 0 Å². The fraction of sp³-hybridized carbons (Fsp3) is 0.811. The molecule has 10 nitrogen and oxygen atoms in total. The number of hydrogen-bond acceptors (Lipinski definition) is 9. The van der Waals surface area contributed by atoms with Crippen molar-refractivity contribution in [1.82, 2.24) is 15.5 Å². The van der Waals surface area contributed by atoms with Crippen molar-refractivity contribution in [3.05, 3.63) is 35.4 Å². The van der Waals surface area contributed by atoms with E-state index in [0.29, 0.717) is 44.4 Å². The molecule has 1 aromatic carbocycles. The highest BCUT2D eigenvalue weighted by Gasteiger charge is 2.40. The summed E-state index contributed by atoms with van der Waals surface area (Å²) in [4.78, 5) is 15.9. The first-order valence-corrected chi connectivity index (χ1v) is 18.2. The molecule has 5 rings (SSSR count). The number of nitrogens with zero attached hydrogens (tertiary/aromatic N) is 1. The van der Waals surface area contributed by atoms with Crippen LogP contribution in [0, 0.1) is 17.8 Å². The fourth-order valence-electron chi connectivity index (χ4n) is 8.29. The van der Waals surface area contributed by atoms with Gasteiger partial charge >= 0.3 is 0 Å². The van der Waals surface area contributed by atoms with Gasteiger partial charge in [-0.2, -0.15) is 0 Å². The number of methoxy groups -OCH3 is 3. The SMILES string of the molecule is COCCCN1CCOC2CCC(COC3CNCC(CNC(=O)C4CCC(OC)CC4)C3c3ccc(COCCOC)cc3)CC21. The van der Waals surface area contributed by atoms with Crippen LogP contribution in [-0.2, 0) is 39.8 Å². The monoisotopic (exact) mass is 659 g/mol. The van der Waals surface area contributed by atoms with Crippen molar-refractivity contribution < 1.29 is 33.2 Å². The molecule has 4 fully saturated rings. The van der Waals surface area contributed by atoms with Gasteiger partial charge in [-0.05, 0) is 74.3 Å². The van der Waals surface area contributed by atoms with E-state index in [1.165, 1.54) is 5.56 Å². The number of carbonyl (C=O) groups excluding carboxylic acids is 1. The van der Waals surface area contributed by atoms with E-state index in [0.717, 1.165) is 103 Å². The lowest BCUT2D eigenvalue weighted by Gasteiger charge is -2.46. The van der Waals surface area contributed by atoms with E-state index < -0.39 is 0 Å². The second-order valence-electron chi connectivity index (χ2n) is 14.1. The molecule has 0 aromatic heterocycles. The van der Waals surface area contributed by atoms with E-state index in [4.69, 9.17) is 28.4 Å². The second kappa shape index (κ2) is 19.5. The molecule has 6 unspecified atom stereocenters. The summed E-state index contributed by atoms with van der Waals surface area (Å²) in [6.07, 6.45) is 8.77. The molecule has 4 aliphatic rings. The van der Waals surface area contributed by atoms with Crippen molar-refractivity contribution in [2.75, 3.05) is 87.1 Å². The topological polar surface area (TPSA) is 99.8 Å².